The largest absolute Gasteiger partial charge is 0.0805 e. The Balaban J connectivity index is 0.000000360. The van der Waals surface area contributed by atoms with E-state index in [-0.39, 0.29) is 11.0 Å². The second kappa shape index (κ2) is 2.80. The molecule has 4 radical (unpaired) electrons. The standard InChI is InChI=1S/C6H8.Si/c1-6-4-2-3-5-6;/h2-4H,5H2,1H3;. The van der Waals surface area contributed by atoms with E-state index in [0.29, 0.717) is 0 Å². The van der Waals surface area contributed by atoms with Crippen LogP contribution in [0.1, 0.15) is 13.3 Å². The highest BCUT2D eigenvalue weighted by Gasteiger charge is 1.86. The van der Waals surface area contributed by atoms with Crippen LogP contribution < -0.4 is 0 Å². The van der Waals surface area contributed by atoms with Crippen LogP contribution in [0, 0.1) is 0 Å². The van der Waals surface area contributed by atoms with Crippen molar-refractivity contribution in [3.05, 3.63) is 23.8 Å². The summed E-state index contributed by atoms with van der Waals surface area (Å²) in [6, 6.07) is 0. The Morgan fingerprint density at radius 3 is 2.43 bits per heavy atom. The van der Waals surface area contributed by atoms with Crippen molar-refractivity contribution in [1.29, 1.82) is 0 Å². The summed E-state index contributed by atoms with van der Waals surface area (Å²) in [6.45, 7) is 2.14. The molecule has 1 aliphatic rings. The molecule has 7 heavy (non-hydrogen) atoms. The molecule has 0 heterocycles. The lowest BCUT2D eigenvalue weighted by molar-refractivity contribution is 1.25. The third kappa shape index (κ3) is 1.74. The first-order valence-electron chi connectivity index (χ1n) is 2.22. The summed E-state index contributed by atoms with van der Waals surface area (Å²) >= 11 is 0. The lowest BCUT2D eigenvalue weighted by Crippen LogP contribution is -1.58. The van der Waals surface area contributed by atoms with Crippen molar-refractivity contribution < 1.29 is 0 Å². The van der Waals surface area contributed by atoms with Crippen LogP contribution in [0.3, 0.4) is 0 Å². The lowest BCUT2D eigenvalue weighted by atomic mass is 10.3. The fourth-order valence-electron chi connectivity index (χ4n) is 0.554. The van der Waals surface area contributed by atoms with Gasteiger partial charge in [-0.05, 0) is 13.3 Å². The highest BCUT2D eigenvalue weighted by Crippen LogP contribution is 2.06. The van der Waals surface area contributed by atoms with Gasteiger partial charge < -0.3 is 0 Å². The maximum atomic E-state index is 2.16. The highest BCUT2D eigenvalue weighted by molar-refractivity contribution is 5.75. The molecular formula is C6H8Si. The molecule has 0 unspecified atom stereocenters. The van der Waals surface area contributed by atoms with Crippen LogP contribution in [-0.2, 0) is 0 Å². The van der Waals surface area contributed by atoms with Gasteiger partial charge in [0.15, 0.2) is 0 Å². The molecule has 0 fully saturated rings. The summed E-state index contributed by atoms with van der Waals surface area (Å²) < 4.78 is 0. The van der Waals surface area contributed by atoms with Gasteiger partial charge in [0.25, 0.3) is 0 Å². The van der Waals surface area contributed by atoms with Crippen molar-refractivity contribution in [3.63, 3.8) is 0 Å². The first-order valence-corrected chi connectivity index (χ1v) is 2.22. The minimum absolute atomic E-state index is 0. The Kier molecular flexibility index (Phi) is 2.68. The molecule has 1 rings (SSSR count). The van der Waals surface area contributed by atoms with E-state index in [1.165, 1.54) is 12.0 Å². The molecule has 0 aromatic rings. The van der Waals surface area contributed by atoms with E-state index in [4.69, 9.17) is 0 Å². The molecule has 0 saturated carbocycles. The van der Waals surface area contributed by atoms with Gasteiger partial charge in [-0.25, -0.2) is 0 Å². The molecule has 0 saturated heterocycles. The lowest BCUT2D eigenvalue weighted by Gasteiger charge is -1.78. The number of allylic oxidation sites excluding steroid dienone is 4. The van der Waals surface area contributed by atoms with Crippen molar-refractivity contribution in [2.24, 2.45) is 0 Å². The van der Waals surface area contributed by atoms with E-state index in [1.807, 2.05) is 0 Å². The van der Waals surface area contributed by atoms with Gasteiger partial charge in [-0.1, -0.05) is 23.8 Å². The van der Waals surface area contributed by atoms with Crippen molar-refractivity contribution in [3.8, 4) is 0 Å². The summed E-state index contributed by atoms with van der Waals surface area (Å²) in [5.74, 6) is 0. The quantitative estimate of drug-likeness (QED) is 0.413. The van der Waals surface area contributed by atoms with Crippen LogP contribution in [0.15, 0.2) is 23.8 Å². The maximum Gasteiger partial charge on any atom is 0 e. The fourth-order valence-corrected chi connectivity index (χ4v) is 0.554. The molecule has 0 bridgehead atoms. The minimum atomic E-state index is 0. The van der Waals surface area contributed by atoms with Crippen LogP contribution >= 0.6 is 0 Å². The summed E-state index contributed by atoms with van der Waals surface area (Å²) in [5, 5.41) is 0. The second-order valence-corrected chi connectivity index (χ2v) is 1.65. The van der Waals surface area contributed by atoms with E-state index >= 15 is 0 Å². The first-order chi connectivity index (χ1) is 2.89. The van der Waals surface area contributed by atoms with Crippen molar-refractivity contribution in [2.75, 3.05) is 0 Å². The number of hydrogen-bond donors (Lipinski definition) is 0. The zero-order valence-electron chi connectivity index (χ0n) is 4.44. The molecule has 0 aliphatic heterocycles. The Morgan fingerprint density at radius 1 is 1.57 bits per heavy atom. The Labute approximate surface area is 49.0 Å². The van der Waals surface area contributed by atoms with Crippen molar-refractivity contribution in [1.82, 2.24) is 0 Å². The average Bonchev–Trinajstić information content (AvgIpc) is 1.86. The van der Waals surface area contributed by atoms with Gasteiger partial charge in [0.1, 0.15) is 0 Å². The van der Waals surface area contributed by atoms with E-state index in [0.717, 1.165) is 0 Å². The van der Waals surface area contributed by atoms with Gasteiger partial charge in [-0.15, -0.1) is 0 Å². The monoisotopic (exact) mass is 108 g/mol. The highest BCUT2D eigenvalue weighted by atomic mass is 28.1. The van der Waals surface area contributed by atoms with Crippen LogP contribution in [0.4, 0.5) is 0 Å². The molecule has 0 N–H and O–H groups in total. The number of rotatable bonds is 0. The third-order valence-corrected chi connectivity index (χ3v) is 0.957. The van der Waals surface area contributed by atoms with Crippen LogP contribution in [0.5, 0.6) is 0 Å². The fraction of sp³-hybridized carbons (Fsp3) is 0.333. The molecule has 0 aromatic heterocycles. The smallest absolute Gasteiger partial charge is 0 e. The Bertz CT molecular complexity index is 101. The Morgan fingerprint density at radius 2 is 2.29 bits per heavy atom. The summed E-state index contributed by atoms with van der Waals surface area (Å²) in [5.41, 5.74) is 1.47. The molecule has 1 heteroatoms. The van der Waals surface area contributed by atoms with Gasteiger partial charge in [-0.3, -0.25) is 0 Å². The predicted octanol–water partition coefficient (Wildman–Crippen LogP) is 1.51. The maximum absolute atomic E-state index is 2.16. The van der Waals surface area contributed by atoms with Gasteiger partial charge in [0, 0.05) is 11.0 Å². The molecule has 0 spiro atoms. The molecule has 0 aromatic carbocycles. The predicted molar refractivity (Wildman–Crippen MR) is 33.3 cm³/mol. The molecule has 0 nitrogen and oxygen atoms in total. The van der Waals surface area contributed by atoms with Gasteiger partial charge in [-0.2, -0.15) is 0 Å². The van der Waals surface area contributed by atoms with Gasteiger partial charge in [0.05, 0.1) is 0 Å². The zero-order valence-corrected chi connectivity index (χ0v) is 5.44. The van der Waals surface area contributed by atoms with Crippen molar-refractivity contribution in [2.45, 2.75) is 13.3 Å². The molecule has 1 aliphatic carbocycles. The van der Waals surface area contributed by atoms with E-state index < -0.39 is 0 Å². The zero-order chi connectivity index (χ0) is 4.41. The SMILES string of the molecule is CC1=CC=CC1.[Si]. The minimum Gasteiger partial charge on any atom is -0.0805 e. The summed E-state index contributed by atoms with van der Waals surface area (Å²) in [7, 11) is 0. The van der Waals surface area contributed by atoms with Crippen LogP contribution in [0.2, 0.25) is 0 Å². The first kappa shape index (κ1) is 6.70. The molecule has 36 valence electrons. The Hall–Kier alpha value is -0.303. The van der Waals surface area contributed by atoms with E-state index in [2.05, 4.69) is 25.2 Å². The topological polar surface area (TPSA) is 0 Å². The van der Waals surface area contributed by atoms with Gasteiger partial charge in [0.2, 0.25) is 0 Å². The average molecular weight is 108 g/mol. The molecular weight excluding hydrogens is 100 g/mol. The van der Waals surface area contributed by atoms with Crippen LogP contribution in [0.25, 0.3) is 0 Å². The molecule has 0 atom stereocenters. The third-order valence-electron chi connectivity index (χ3n) is 0.957. The van der Waals surface area contributed by atoms with E-state index in [9.17, 15) is 0 Å². The summed E-state index contributed by atoms with van der Waals surface area (Å²) in [4.78, 5) is 0. The normalized spacial score (nSPS) is 15.9. The van der Waals surface area contributed by atoms with Crippen LogP contribution in [-0.4, -0.2) is 11.0 Å². The van der Waals surface area contributed by atoms with Gasteiger partial charge >= 0.3 is 0 Å². The van der Waals surface area contributed by atoms with E-state index in [1.54, 1.807) is 0 Å². The second-order valence-electron chi connectivity index (χ2n) is 1.65. The summed E-state index contributed by atoms with van der Waals surface area (Å²) in [6.07, 6.45) is 7.56. The van der Waals surface area contributed by atoms with Crippen molar-refractivity contribution >= 4 is 11.0 Å². The number of hydrogen-bond acceptors (Lipinski definition) is 0. The molecule has 0 amide bonds.